The molecule has 290 valence electrons. The third-order valence-corrected chi connectivity index (χ3v) is 12.4. The Kier molecular flexibility index (Phi) is 8.36. The fourth-order valence-electron chi connectivity index (χ4n) is 9.69. The number of furan rings is 1. The van der Waals surface area contributed by atoms with E-state index in [2.05, 4.69) is 176 Å². The van der Waals surface area contributed by atoms with Gasteiger partial charge in [-0.2, -0.15) is 0 Å². The number of hydrogen-bond donors (Lipinski definition) is 0. The Morgan fingerprint density at radius 3 is 1.50 bits per heavy atom. The van der Waals surface area contributed by atoms with E-state index in [0.717, 1.165) is 66.4 Å². The van der Waals surface area contributed by atoms with Crippen molar-refractivity contribution in [3.05, 3.63) is 247 Å². The molecule has 4 heteroatoms. The highest BCUT2D eigenvalue weighted by atomic mass is 16.3. The average molecular weight is 792 g/mol. The predicted molar refractivity (Wildman–Crippen MR) is 252 cm³/mol. The highest BCUT2D eigenvalue weighted by Gasteiger charge is 2.48. The molecule has 0 saturated carbocycles. The van der Waals surface area contributed by atoms with Crippen LogP contribution in [0.2, 0.25) is 0 Å². The predicted octanol–water partition coefficient (Wildman–Crippen LogP) is 14.5. The van der Waals surface area contributed by atoms with Crippen molar-refractivity contribution in [2.24, 2.45) is 0 Å². The molecule has 4 nitrogen and oxygen atoms in total. The fraction of sp³-hybridized carbons (Fsp3) is 0.0172. The Hall–Kier alpha value is -8.21. The molecule has 1 aliphatic carbocycles. The van der Waals surface area contributed by atoms with E-state index in [-0.39, 0.29) is 0 Å². The first-order chi connectivity index (χ1) is 30.7. The number of para-hydroxylation sites is 1. The number of fused-ring (bicyclic) bond motifs is 6. The summed E-state index contributed by atoms with van der Waals surface area (Å²) in [6, 6.07) is 79.5. The molecule has 1 aliphatic rings. The molecule has 0 saturated heterocycles. The summed E-state index contributed by atoms with van der Waals surface area (Å²) in [5.41, 5.74) is 15.2. The van der Waals surface area contributed by atoms with Gasteiger partial charge in [-0.3, -0.25) is 0 Å². The maximum atomic E-state index is 6.39. The Balaban J connectivity index is 1.22. The second-order valence-corrected chi connectivity index (χ2v) is 15.9. The fourth-order valence-corrected chi connectivity index (χ4v) is 9.69. The van der Waals surface area contributed by atoms with Crippen molar-refractivity contribution in [3.8, 4) is 67.5 Å². The SMILES string of the molecule is c1ccc(-c2ccc3c(c2)C(c2ccccc2)(c2ccccc2)c2cc(-c4ccccc4)cc(-c4nc(-c5ccccc5)nc(-c5cccc6oc7ccccc7c56)n4)c2-3)cc1. The van der Waals surface area contributed by atoms with Crippen LogP contribution >= 0.6 is 0 Å². The summed E-state index contributed by atoms with van der Waals surface area (Å²) >= 11 is 0. The van der Waals surface area contributed by atoms with Crippen molar-refractivity contribution >= 4 is 21.9 Å². The summed E-state index contributed by atoms with van der Waals surface area (Å²) in [5, 5.41) is 2.00. The Morgan fingerprint density at radius 2 is 0.839 bits per heavy atom. The first-order valence-electron chi connectivity index (χ1n) is 21.0. The lowest BCUT2D eigenvalue weighted by atomic mass is 9.67. The molecule has 0 unspecified atom stereocenters. The first-order valence-corrected chi connectivity index (χ1v) is 21.0. The van der Waals surface area contributed by atoms with E-state index in [1.165, 1.54) is 27.8 Å². The molecule has 0 radical (unpaired) electrons. The minimum atomic E-state index is -0.684. The van der Waals surface area contributed by atoms with Crippen LogP contribution in [0.25, 0.3) is 89.5 Å². The Labute approximate surface area is 359 Å². The van der Waals surface area contributed by atoms with Crippen LogP contribution in [0.3, 0.4) is 0 Å². The second-order valence-electron chi connectivity index (χ2n) is 15.9. The zero-order valence-corrected chi connectivity index (χ0v) is 33.6. The molecule has 0 spiro atoms. The van der Waals surface area contributed by atoms with Gasteiger partial charge >= 0.3 is 0 Å². The molecule has 0 bridgehead atoms. The van der Waals surface area contributed by atoms with Gasteiger partial charge in [0.1, 0.15) is 11.2 Å². The molecule has 0 amide bonds. The average Bonchev–Trinajstić information content (AvgIpc) is 3.89. The third kappa shape index (κ3) is 5.65. The van der Waals surface area contributed by atoms with Crippen LogP contribution in [0, 0.1) is 0 Å². The van der Waals surface area contributed by atoms with Gasteiger partial charge in [-0.1, -0.05) is 194 Å². The molecule has 9 aromatic carbocycles. The molecule has 62 heavy (non-hydrogen) atoms. The molecular weight excluding hydrogens is 755 g/mol. The molecule has 2 heterocycles. The van der Waals surface area contributed by atoms with Crippen LogP contribution in [0.5, 0.6) is 0 Å². The zero-order valence-electron chi connectivity index (χ0n) is 33.6. The lowest BCUT2D eigenvalue weighted by Crippen LogP contribution is -2.28. The summed E-state index contributed by atoms with van der Waals surface area (Å²) in [6.45, 7) is 0. The number of rotatable bonds is 7. The lowest BCUT2D eigenvalue weighted by molar-refractivity contribution is 0.669. The van der Waals surface area contributed by atoms with Crippen molar-refractivity contribution in [1.82, 2.24) is 15.0 Å². The van der Waals surface area contributed by atoms with Gasteiger partial charge in [-0.25, -0.2) is 15.0 Å². The molecular formula is C58H37N3O. The van der Waals surface area contributed by atoms with E-state index in [9.17, 15) is 0 Å². The summed E-state index contributed by atoms with van der Waals surface area (Å²) in [7, 11) is 0. The van der Waals surface area contributed by atoms with Crippen LogP contribution in [0.4, 0.5) is 0 Å². The highest BCUT2D eigenvalue weighted by molar-refractivity contribution is 6.12. The van der Waals surface area contributed by atoms with Gasteiger partial charge in [0, 0.05) is 27.5 Å². The molecule has 0 aliphatic heterocycles. The van der Waals surface area contributed by atoms with Crippen LogP contribution in [0.15, 0.2) is 229 Å². The van der Waals surface area contributed by atoms with Gasteiger partial charge in [-0.15, -0.1) is 0 Å². The topological polar surface area (TPSA) is 51.8 Å². The largest absolute Gasteiger partial charge is 0.456 e. The van der Waals surface area contributed by atoms with Crippen LogP contribution in [-0.4, -0.2) is 15.0 Å². The van der Waals surface area contributed by atoms with E-state index >= 15 is 0 Å². The molecule has 11 aromatic rings. The summed E-state index contributed by atoms with van der Waals surface area (Å²) in [6.07, 6.45) is 0. The van der Waals surface area contributed by atoms with Gasteiger partial charge < -0.3 is 4.42 Å². The normalized spacial score (nSPS) is 12.6. The monoisotopic (exact) mass is 791 g/mol. The molecule has 0 N–H and O–H groups in total. The standard InChI is InChI=1S/C58H37N3O/c1-6-19-38(20-7-1)41-33-34-45-49(36-41)58(43-25-12-4-13-26-43,44-27-14-5-15-28-44)50-37-42(39-21-8-2-9-22-39)35-48(53(45)50)57-60-55(40-23-10-3-11-24-40)59-56(61-57)47-30-18-32-52-54(47)46-29-16-17-31-51(46)62-52/h1-37H. The van der Waals surface area contributed by atoms with Crippen molar-refractivity contribution in [2.75, 3.05) is 0 Å². The van der Waals surface area contributed by atoms with E-state index in [1.54, 1.807) is 0 Å². The Morgan fingerprint density at radius 1 is 0.323 bits per heavy atom. The molecule has 2 aromatic heterocycles. The van der Waals surface area contributed by atoms with Crippen LogP contribution in [-0.2, 0) is 5.41 Å². The smallest absolute Gasteiger partial charge is 0.164 e. The first kappa shape index (κ1) is 35.7. The minimum absolute atomic E-state index is 0.583. The molecule has 12 rings (SSSR count). The van der Waals surface area contributed by atoms with E-state index in [4.69, 9.17) is 19.4 Å². The van der Waals surface area contributed by atoms with E-state index in [1.807, 2.05) is 48.5 Å². The van der Waals surface area contributed by atoms with E-state index in [0.29, 0.717) is 17.5 Å². The third-order valence-electron chi connectivity index (χ3n) is 12.4. The number of hydrogen-bond acceptors (Lipinski definition) is 4. The van der Waals surface area contributed by atoms with Crippen molar-refractivity contribution in [1.29, 1.82) is 0 Å². The number of nitrogens with zero attached hydrogens (tertiary/aromatic N) is 3. The summed E-state index contributed by atoms with van der Waals surface area (Å²) in [4.78, 5) is 16.2. The van der Waals surface area contributed by atoms with Gasteiger partial charge in [0.25, 0.3) is 0 Å². The minimum Gasteiger partial charge on any atom is -0.456 e. The summed E-state index contributed by atoms with van der Waals surface area (Å²) < 4.78 is 6.39. The van der Waals surface area contributed by atoms with E-state index < -0.39 is 5.41 Å². The maximum Gasteiger partial charge on any atom is 0.164 e. The van der Waals surface area contributed by atoms with Crippen LogP contribution in [0.1, 0.15) is 22.3 Å². The highest BCUT2D eigenvalue weighted by Crippen LogP contribution is 2.59. The van der Waals surface area contributed by atoms with Gasteiger partial charge in [-0.05, 0) is 86.0 Å². The van der Waals surface area contributed by atoms with Crippen molar-refractivity contribution < 1.29 is 4.42 Å². The zero-order chi connectivity index (χ0) is 41.0. The molecule has 0 fully saturated rings. The van der Waals surface area contributed by atoms with Gasteiger partial charge in [0.05, 0.1) is 5.41 Å². The van der Waals surface area contributed by atoms with Crippen molar-refractivity contribution in [3.63, 3.8) is 0 Å². The van der Waals surface area contributed by atoms with Gasteiger partial charge in [0.2, 0.25) is 0 Å². The van der Waals surface area contributed by atoms with Gasteiger partial charge in [0.15, 0.2) is 17.5 Å². The van der Waals surface area contributed by atoms with Crippen LogP contribution < -0.4 is 0 Å². The molecule has 0 atom stereocenters. The quantitative estimate of drug-likeness (QED) is 0.161. The number of benzene rings is 9. The lowest BCUT2D eigenvalue weighted by Gasteiger charge is -2.34. The second kappa shape index (κ2) is 14.5. The maximum absolute atomic E-state index is 6.39. The Bertz CT molecular complexity index is 3400. The van der Waals surface area contributed by atoms with Crippen molar-refractivity contribution in [2.45, 2.75) is 5.41 Å². The summed E-state index contributed by atoms with van der Waals surface area (Å²) in [5.74, 6) is 1.78. The number of aromatic nitrogens is 3.